The number of hydrogen-bond acceptors (Lipinski definition) is 3. The number of nitrogens with one attached hydrogen (secondary N) is 1. The van der Waals surface area contributed by atoms with Crippen LogP contribution in [0.5, 0.6) is 0 Å². The molecule has 3 rings (SSSR count). The van der Waals surface area contributed by atoms with Crippen LogP contribution in [0.1, 0.15) is 10.4 Å². The maximum Gasteiger partial charge on any atom is 0.254 e. The Balaban J connectivity index is 0.00000108. The number of amides is 1. The van der Waals surface area contributed by atoms with E-state index >= 15 is 0 Å². The third-order valence-corrected chi connectivity index (χ3v) is 5.28. The fourth-order valence-electron chi connectivity index (χ4n) is 2.63. The number of halogens is 2. The largest absolute Gasteiger partial charge is 0.338 e. The van der Waals surface area contributed by atoms with Gasteiger partial charge in [-0.15, -0.1) is 23.7 Å². The highest BCUT2D eigenvalue weighted by Gasteiger charge is 2.38. The zero-order chi connectivity index (χ0) is 11.1. The van der Waals surface area contributed by atoms with Crippen molar-refractivity contribution >= 4 is 52.2 Å². The molecule has 3 heterocycles. The van der Waals surface area contributed by atoms with Gasteiger partial charge < -0.3 is 10.2 Å². The first-order valence-corrected chi connectivity index (χ1v) is 7.44. The average molecular weight is 385 g/mol. The molecule has 2 saturated heterocycles. The minimum atomic E-state index is 0. The molecule has 0 radical (unpaired) electrons. The Morgan fingerprint density at radius 1 is 1.41 bits per heavy atom. The second-order valence-corrected chi connectivity index (χ2v) is 7.33. The highest BCUT2D eigenvalue weighted by atomic mass is 127. The van der Waals surface area contributed by atoms with Crippen molar-refractivity contribution in [1.29, 1.82) is 0 Å². The van der Waals surface area contributed by atoms with Gasteiger partial charge in [-0.2, -0.15) is 0 Å². The van der Waals surface area contributed by atoms with Gasteiger partial charge in [-0.25, -0.2) is 0 Å². The van der Waals surface area contributed by atoms with Crippen LogP contribution in [0.4, 0.5) is 0 Å². The van der Waals surface area contributed by atoms with Crippen molar-refractivity contribution < 1.29 is 4.79 Å². The molecule has 2 aliphatic rings. The number of carbonyl (C=O) groups is 1. The quantitative estimate of drug-likeness (QED) is 0.752. The van der Waals surface area contributed by atoms with Crippen molar-refractivity contribution in [3.05, 3.63) is 19.9 Å². The van der Waals surface area contributed by atoms with Crippen LogP contribution in [0.15, 0.2) is 11.4 Å². The zero-order valence-corrected chi connectivity index (χ0v) is 13.0. The normalized spacial score (nSPS) is 26.8. The van der Waals surface area contributed by atoms with Crippen LogP contribution in [0.25, 0.3) is 0 Å². The molecule has 2 atom stereocenters. The lowest BCUT2D eigenvalue weighted by atomic mass is 10.0. The highest BCUT2D eigenvalue weighted by molar-refractivity contribution is 14.1. The van der Waals surface area contributed by atoms with E-state index in [1.165, 1.54) is 2.88 Å². The van der Waals surface area contributed by atoms with Gasteiger partial charge in [0.05, 0.1) is 8.45 Å². The van der Waals surface area contributed by atoms with Crippen LogP contribution >= 0.6 is 46.3 Å². The van der Waals surface area contributed by atoms with Crippen LogP contribution in [0.2, 0.25) is 0 Å². The smallest absolute Gasteiger partial charge is 0.254 e. The third-order valence-electron chi connectivity index (χ3n) is 3.49. The molecule has 2 fully saturated rings. The van der Waals surface area contributed by atoms with E-state index in [4.69, 9.17) is 0 Å². The van der Waals surface area contributed by atoms with Gasteiger partial charge >= 0.3 is 0 Å². The second-order valence-electron chi connectivity index (χ2n) is 4.53. The molecule has 0 aromatic carbocycles. The van der Waals surface area contributed by atoms with E-state index in [-0.39, 0.29) is 18.3 Å². The van der Waals surface area contributed by atoms with Gasteiger partial charge in [0.15, 0.2) is 0 Å². The first-order valence-electron chi connectivity index (χ1n) is 5.48. The predicted molar refractivity (Wildman–Crippen MR) is 80.0 cm³/mol. The zero-order valence-electron chi connectivity index (χ0n) is 9.19. The lowest BCUT2D eigenvalue weighted by Gasteiger charge is -2.16. The summed E-state index contributed by atoms with van der Waals surface area (Å²) in [4.78, 5) is 14.2. The maximum atomic E-state index is 12.2. The summed E-state index contributed by atoms with van der Waals surface area (Å²) < 4.78 is 1.18. The number of nitrogens with zero attached hydrogens (tertiary/aromatic N) is 1. The van der Waals surface area contributed by atoms with E-state index < -0.39 is 0 Å². The number of hydrogen-bond donors (Lipinski definition) is 1. The number of carbonyl (C=O) groups excluding carboxylic acids is 1. The minimum Gasteiger partial charge on any atom is -0.338 e. The highest BCUT2D eigenvalue weighted by Crippen LogP contribution is 2.28. The topological polar surface area (TPSA) is 32.3 Å². The molecule has 0 spiro atoms. The Hall–Kier alpha value is 0.150. The number of fused-ring (bicyclic) bond motifs is 1. The molecule has 0 unspecified atom stereocenters. The number of likely N-dealkylation sites (tertiary alicyclic amines) is 1. The fourth-order valence-corrected chi connectivity index (χ4v) is 3.95. The van der Waals surface area contributed by atoms with Crippen molar-refractivity contribution in [2.75, 3.05) is 26.2 Å². The van der Waals surface area contributed by atoms with Crippen molar-refractivity contribution in [3.63, 3.8) is 0 Å². The first-order chi connectivity index (χ1) is 7.74. The summed E-state index contributed by atoms with van der Waals surface area (Å²) in [6, 6.07) is 1.99. The van der Waals surface area contributed by atoms with Crippen LogP contribution in [-0.2, 0) is 0 Å². The van der Waals surface area contributed by atoms with Crippen LogP contribution in [0.3, 0.4) is 0 Å². The Labute approximate surface area is 125 Å². The third kappa shape index (κ3) is 2.62. The molecule has 0 aliphatic carbocycles. The summed E-state index contributed by atoms with van der Waals surface area (Å²) in [5, 5.41) is 5.36. The Bertz CT molecular complexity index is 413. The first kappa shape index (κ1) is 13.6. The van der Waals surface area contributed by atoms with Gasteiger partial charge in [-0.05, 0) is 40.5 Å². The van der Waals surface area contributed by atoms with E-state index in [1.54, 1.807) is 11.3 Å². The standard InChI is InChI=1S/C11H13IN2OS.ClH/c12-10-1-7(6-16-10)11(15)14-4-8-2-13-3-9(8)5-14;/h1,6,8-9,13H,2-5H2;1H/t8-,9+;. The molecule has 1 aromatic rings. The SMILES string of the molecule is Cl.O=C(c1csc(I)c1)N1C[C@H]2CNC[C@H]2C1. The van der Waals surface area contributed by atoms with E-state index in [2.05, 4.69) is 27.9 Å². The lowest BCUT2D eigenvalue weighted by molar-refractivity contribution is 0.0782. The molecule has 1 N–H and O–H groups in total. The minimum absolute atomic E-state index is 0. The molecular weight excluding hydrogens is 371 g/mol. The fraction of sp³-hybridized carbons (Fsp3) is 0.545. The second kappa shape index (κ2) is 5.42. The molecule has 3 nitrogen and oxygen atoms in total. The lowest BCUT2D eigenvalue weighted by Crippen LogP contribution is -2.31. The van der Waals surface area contributed by atoms with E-state index in [0.29, 0.717) is 11.8 Å². The van der Waals surface area contributed by atoms with Crippen molar-refractivity contribution in [1.82, 2.24) is 10.2 Å². The van der Waals surface area contributed by atoms with Crippen molar-refractivity contribution in [3.8, 4) is 0 Å². The Morgan fingerprint density at radius 2 is 2.06 bits per heavy atom. The van der Waals surface area contributed by atoms with Gasteiger partial charge in [-0.1, -0.05) is 0 Å². The molecule has 1 amide bonds. The van der Waals surface area contributed by atoms with E-state index in [1.807, 2.05) is 16.3 Å². The summed E-state index contributed by atoms with van der Waals surface area (Å²) in [6.45, 7) is 4.02. The summed E-state index contributed by atoms with van der Waals surface area (Å²) in [7, 11) is 0. The maximum absolute atomic E-state index is 12.2. The molecule has 6 heteroatoms. The summed E-state index contributed by atoms with van der Waals surface area (Å²) >= 11 is 3.90. The molecule has 2 aliphatic heterocycles. The Morgan fingerprint density at radius 3 is 2.59 bits per heavy atom. The average Bonchev–Trinajstić information content (AvgIpc) is 2.89. The molecule has 1 aromatic heterocycles. The summed E-state index contributed by atoms with van der Waals surface area (Å²) in [5.74, 6) is 1.58. The predicted octanol–water partition coefficient (Wildman–Crippen LogP) is 2.07. The molecule has 17 heavy (non-hydrogen) atoms. The van der Waals surface area contributed by atoms with Gasteiger partial charge in [0.25, 0.3) is 5.91 Å². The Kier molecular flexibility index (Phi) is 4.33. The summed E-state index contributed by atoms with van der Waals surface area (Å²) in [5.41, 5.74) is 0.863. The number of rotatable bonds is 1. The van der Waals surface area contributed by atoms with Crippen LogP contribution in [-0.4, -0.2) is 37.0 Å². The van der Waals surface area contributed by atoms with Gasteiger partial charge in [0.2, 0.25) is 0 Å². The molecular formula is C11H14ClIN2OS. The van der Waals surface area contributed by atoms with E-state index in [0.717, 1.165) is 31.7 Å². The van der Waals surface area contributed by atoms with Crippen LogP contribution in [0, 0.1) is 14.7 Å². The molecule has 0 bridgehead atoms. The van der Waals surface area contributed by atoms with Crippen molar-refractivity contribution in [2.45, 2.75) is 0 Å². The van der Waals surface area contributed by atoms with Crippen LogP contribution < -0.4 is 5.32 Å². The monoisotopic (exact) mass is 384 g/mol. The van der Waals surface area contributed by atoms with E-state index in [9.17, 15) is 4.79 Å². The van der Waals surface area contributed by atoms with Gasteiger partial charge in [0.1, 0.15) is 0 Å². The van der Waals surface area contributed by atoms with Crippen molar-refractivity contribution in [2.24, 2.45) is 11.8 Å². The van der Waals surface area contributed by atoms with Gasteiger partial charge in [-0.3, -0.25) is 4.79 Å². The van der Waals surface area contributed by atoms with Gasteiger partial charge in [0, 0.05) is 31.6 Å². The summed E-state index contributed by atoms with van der Waals surface area (Å²) in [6.07, 6.45) is 0. The molecule has 0 saturated carbocycles. The number of thiophene rings is 1. The molecule has 94 valence electrons.